The first kappa shape index (κ1) is 20.1. The zero-order valence-corrected chi connectivity index (χ0v) is 16.4. The highest BCUT2D eigenvalue weighted by atomic mass is 16.5. The summed E-state index contributed by atoms with van der Waals surface area (Å²) in [5.74, 6) is 0.281. The highest BCUT2D eigenvalue weighted by molar-refractivity contribution is 5.78. The Morgan fingerprint density at radius 2 is 2.04 bits per heavy atom. The molecule has 0 spiro atoms. The van der Waals surface area contributed by atoms with Crippen LogP contribution in [0.15, 0.2) is 47.4 Å². The van der Waals surface area contributed by atoms with E-state index in [1.54, 1.807) is 16.8 Å². The first-order chi connectivity index (χ1) is 13.4. The van der Waals surface area contributed by atoms with Crippen LogP contribution in [0.2, 0.25) is 0 Å². The van der Waals surface area contributed by atoms with Gasteiger partial charge in [-0.25, -0.2) is 4.79 Å². The van der Waals surface area contributed by atoms with E-state index in [4.69, 9.17) is 9.47 Å². The van der Waals surface area contributed by atoms with Gasteiger partial charge < -0.3 is 19.1 Å². The molecular weight excluding hydrogens is 358 g/mol. The van der Waals surface area contributed by atoms with Gasteiger partial charge in [0.05, 0.1) is 6.54 Å². The third-order valence-corrected chi connectivity index (χ3v) is 5.19. The molecule has 1 aliphatic rings. The van der Waals surface area contributed by atoms with E-state index in [0.29, 0.717) is 37.7 Å². The maximum absolute atomic E-state index is 12.4. The number of hydrogen-bond donors (Lipinski definition) is 1. The van der Waals surface area contributed by atoms with Gasteiger partial charge in [0.1, 0.15) is 12.4 Å². The number of rotatable bonds is 8. The molecule has 0 radical (unpaired) electrons. The Morgan fingerprint density at radius 1 is 1.29 bits per heavy atom. The second-order valence-electron chi connectivity index (χ2n) is 7.57. The molecule has 0 saturated carbocycles. The topological polar surface area (TPSA) is 77.8 Å². The number of aromatic nitrogens is 1. The molecule has 1 atom stereocenters. The van der Waals surface area contributed by atoms with Crippen molar-refractivity contribution >= 4 is 5.97 Å². The number of carboxylic acid groups (broad SMARTS) is 1. The van der Waals surface area contributed by atoms with Crippen LogP contribution in [0, 0.1) is 0 Å². The molecule has 1 aliphatic heterocycles. The van der Waals surface area contributed by atoms with Crippen molar-refractivity contribution in [3.05, 3.63) is 64.1 Å². The van der Waals surface area contributed by atoms with Gasteiger partial charge in [-0.3, -0.25) is 4.79 Å². The fourth-order valence-electron chi connectivity index (χ4n) is 3.47. The summed E-state index contributed by atoms with van der Waals surface area (Å²) in [5, 5.41) is 9.50. The van der Waals surface area contributed by atoms with Gasteiger partial charge in [-0.15, -0.1) is 0 Å². The molecule has 0 aliphatic carbocycles. The molecule has 1 N–H and O–H groups in total. The van der Waals surface area contributed by atoms with Gasteiger partial charge in [-0.1, -0.05) is 26.0 Å². The van der Waals surface area contributed by atoms with Crippen molar-refractivity contribution in [3.8, 4) is 5.75 Å². The quantitative estimate of drug-likeness (QED) is 0.755. The van der Waals surface area contributed by atoms with Crippen molar-refractivity contribution in [1.29, 1.82) is 0 Å². The predicted octanol–water partition coefficient (Wildman–Crippen LogP) is 3.23. The van der Waals surface area contributed by atoms with Crippen LogP contribution < -0.4 is 10.3 Å². The van der Waals surface area contributed by atoms with Crippen molar-refractivity contribution in [3.63, 3.8) is 0 Å². The van der Waals surface area contributed by atoms with Gasteiger partial charge >= 0.3 is 5.97 Å². The van der Waals surface area contributed by atoms with E-state index in [0.717, 1.165) is 12.2 Å². The van der Waals surface area contributed by atoms with Gasteiger partial charge in [0.2, 0.25) is 0 Å². The lowest BCUT2D eigenvalue weighted by Crippen LogP contribution is -2.40. The number of carboxylic acids is 1. The number of benzene rings is 1. The Kier molecular flexibility index (Phi) is 6.19. The number of pyridine rings is 1. The summed E-state index contributed by atoms with van der Waals surface area (Å²) >= 11 is 0. The summed E-state index contributed by atoms with van der Waals surface area (Å²) in [6.07, 6.45) is 3.08. The minimum Gasteiger partial charge on any atom is -0.492 e. The maximum atomic E-state index is 12.4. The Labute approximate surface area is 164 Å². The van der Waals surface area contributed by atoms with Crippen molar-refractivity contribution < 1.29 is 19.4 Å². The van der Waals surface area contributed by atoms with Crippen molar-refractivity contribution in [1.82, 2.24) is 4.57 Å². The fraction of sp³-hybridized carbons (Fsp3) is 0.455. The molecule has 2 heterocycles. The lowest BCUT2D eigenvalue weighted by atomic mass is 9.92. The molecule has 1 saturated heterocycles. The highest BCUT2D eigenvalue weighted by Crippen LogP contribution is 2.29. The zero-order valence-electron chi connectivity index (χ0n) is 16.4. The summed E-state index contributed by atoms with van der Waals surface area (Å²) in [6.45, 7) is 5.53. The van der Waals surface area contributed by atoms with Crippen molar-refractivity contribution in [2.24, 2.45) is 0 Å². The summed E-state index contributed by atoms with van der Waals surface area (Å²) in [6, 6.07) is 11.2. The van der Waals surface area contributed by atoms with E-state index in [1.807, 2.05) is 24.3 Å². The Balaban J connectivity index is 1.58. The summed E-state index contributed by atoms with van der Waals surface area (Å²) < 4.78 is 12.8. The molecule has 28 heavy (non-hydrogen) atoms. The zero-order chi connectivity index (χ0) is 20.1. The Morgan fingerprint density at radius 3 is 2.61 bits per heavy atom. The first-order valence-electron chi connectivity index (χ1n) is 9.69. The van der Waals surface area contributed by atoms with Crippen molar-refractivity contribution in [2.75, 3.05) is 13.2 Å². The molecule has 2 aromatic rings. The number of hydrogen-bond acceptors (Lipinski definition) is 4. The van der Waals surface area contributed by atoms with Gasteiger partial charge in [0.15, 0.2) is 5.60 Å². The highest BCUT2D eigenvalue weighted by Gasteiger charge is 2.42. The Hall–Kier alpha value is -2.60. The van der Waals surface area contributed by atoms with E-state index in [1.165, 1.54) is 11.6 Å². The van der Waals surface area contributed by atoms with E-state index in [2.05, 4.69) is 13.8 Å². The van der Waals surface area contributed by atoms with E-state index in [-0.39, 0.29) is 12.0 Å². The van der Waals surface area contributed by atoms with Crippen LogP contribution in [-0.2, 0) is 22.5 Å². The maximum Gasteiger partial charge on any atom is 0.336 e. The number of ether oxygens (including phenoxy) is 2. The molecule has 1 aromatic heterocycles. The van der Waals surface area contributed by atoms with Gasteiger partial charge in [0.25, 0.3) is 5.56 Å². The SMILES string of the molecule is CC(C)c1ccc(OCCn2ccc(CC3(C(=O)O)CCCO3)cc2=O)cc1. The number of carbonyl (C=O) groups is 1. The van der Waals surface area contributed by atoms with Crippen LogP contribution >= 0.6 is 0 Å². The van der Waals surface area contributed by atoms with Crippen molar-refractivity contribution in [2.45, 2.75) is 51.2 Å². The van der Waals surface area contributed by atoms with Crippen LogP contribution in [0.1, 0.15) is 43.7 Å². The summed E-state index contributed by atoms with van der Waals surface area (Å²) in [4.78, 5) is 24.0. The van der Waals surface area contributed by atoms with Crippen LogP contribution in [0.3, 0.4) is 0 Å². The minimum absolute atomic E-state index is 0.171. The van der Waals surface area contributed by atoms with Crippen LogP contribution in [-0.4, -0.2) is 34.5 Å². The summed E-state index contributed by atoms with van der Waals surface area (Å²) in [5.41, 5.74) is 0.555. The molecule has 1 unspecified atom stereocenters. The molecular formula is C22H27NO5. The molecule has 0 amide bonds. The van der Waals surface area contributed by atoms with Gasteiger partial charge in [-0.05, 0) is 48.1 Å². The smallest absolute Gasteiger partial charge is 0.336 e. The third kappa shape index (κ3) is 4.62. The fourth-order valence-corrected chi connectivity index (χ4v) is 3.47. The van der Waals surface area contributed by atoms with Crippen LogP contribution in [0.4, 0.5) is 0 Å². The second kappa shape index (κ2) is 8.61. The van der Waals surface area contributed by atoms with Crippen LogP contribution in [0.25, 0.3) is 0 Å². The summed E-state index contributed by atoms with van der Waals surface area (Å²) in [7, 11) is 0. The molecule has 6 heteroatoms. The number of nitrogens with zero attached hydrogens (tertiary/aromatic N) is 1. The third-order valence-electron chi connectivity index (χ3n) is 5.19. The average molecular weight is 385 g/mol. The predicted molar refractivity (Wildman–Crippen MR) is 106 cm³/mol. The lowest BCUT2D eigenvalue weighted by molar-refractivity contribution is -0.159. The molecule has 150 valence electrons. The minimum atomic E-state index is -1.20. The standard InChI is InChI=1S/C22H27NO5/c1-16(2)18-4-6-19(7-5-18)27-13-11-23-10-8-17(14-20(23)24)15-22(21(25)26)9-3-12-28-22/h4-8,10,14,16H,3,9,11-13,15H2,1-2H3,(H,25,26). The van der Waals surface area contributed by atoms with Gasteiger partial charge in [0, 0.05) is 25.3 Å². The van der Waals surface area contributed by atoms with E-state index >= 15 is 0 Å². The lowest BCUT2D eigenvalue weighted by Gasteiger charge is -2.23. The number of aliphatic carboxylic acids is 1. The molecule has 1 aromatic carbocycles. The Bertz CT molecular complexity index is 863. The normalized spacial score (nSPS) is 19.1. The molecule has 6 nitrogen and oxygen atoms in total. The monoisotopic (exact) mass is 385 g/mol. The molecule has 0 bridgehead atoms. The molecule has 3 rings (SSSR count). The van der Waals surface area contributed by atoms with Crippen LogP contribution in [0.5, 0.6) is 5.75 Å². The van der Waals surface area contributed by atoms with E-state index < -0.39 is 11.6 Å². The average Bonchev–Trinajstić information content (AvgIpc) is 3.14. The second-order valence-corrected chi connectivity index (χ2v) is 7.57. The molecule has 1 fully saturated rings. The van der Waals surface area contributed by atoms with Gasteiger partial charge in [-0.2, -0.15) is 0 Å². The largest absolute Gasteiger partial charge is 0.492 e. The first-order valence-corrected chi connectivity index (χ1v) is 9.69. The van der Waals surface area contributed by atoms with E-state index in [9.17, 15) is 14.7 Å².